The molecule has 4 aromatic rings. The number of amides is 2. The van der Waals surface area contributed by atoms with Crippen LogP contribution in [-0.2, 0) is 10.5 Å². The molecule has 9 heteroatoms. The molecule has 0 bridgehead atoms. The van der Waals surface area contributed by atoms with E-state index >= 15 is 0 Å². The van der Waals surface area contributed by atoms with Crippen molar-refractivity contribution in [2.24, 2.45) is 0 Å². The fourth-order valence-corrected chi connectivity index (χ4v) is 5.00. The zero-order chi connectivity index (χ0) is 24.6. The molecule has 0 unspecified atom stereocenters. The maximum atomic E-state index is 13.2. The van der Waals surface area contributed by atoms with Gasteiger partial charge in [0.2, 0.25) is 5.91 Å². The first-order chi connectivity index (χ1) is 17.1. The summed E-state index contributed by atoms with van der Waals surface area (Å²) in [5, 5.41) is 9.93. The first-order valence-electron chi connectivity index (χ1n) is 11.0. The number of thioether (sulfide) groups is 1. The van der Waals surface area contributed by atoms with Crippen LogP contribution < -0.4 is 20.1 Å². The lowest BCUT2D eigenvalue weighted by atomic mass is 10.0. The number of benzene rings is 3. The number of ether oxygens (including phenoxy) is 2. The van der Waals surface area contributed by atoms with Crippen molar-refractivity contribution in [1.29, 1.82) is 0 Å². The summed E-state index contributed by atoms with van der Waals surface area (Å²) in [7, 11) is 1.60. The van der Waals surface area contributed by atoms with Crippen molar-refractivity contribution in [2.75, 3.05) is 30.1 Å². The lowest BCUT2D eigenvalue weighted by Gasteiger charge is -2.12. The van der Waals surface area contributed by atoms with Crippen molar-refractivity contribution in [3.63, 3.8) is 0 Å². The molecule has 4 rings (SSSR count). The van der Waals surface area contributed by atoms with Gasteiger partial charge in [0.25, 0.3) is 5.91 Å². The van der Waals surface area contributed by atoms with E-state index in [-0.39, 0.29) is 11.8 Å². The van der Waals surface area contributed by atoms with Crippen molar-refractivity contribution in [3.05, 3.63) is 77.3 Å². The van der Waals surface area contributed by atoms with Crippen LogP contribution in [-0.4, -0.2) is 36.3 Å². The minimum Gasteiger partial charge on any atom is -0.497 e. The molecule has 0 saturated heterocycles. The Kier molecular flexibility index (Phi) is 8.23. The standard InChI is InChI=1S/C26H25N3O4S2/c1-3-33-22-13-8-17-6-4-5-7-21(17)24(22)25(31)29-26-28-19(15-35-26)14-34-16-23(30)27-18-9-11-20(32-2)12-10-18/h4-13,15H,3,14,16H2,1-2H3,(H,27,30)(H,28,29,31). The van der Waals surface area contributed by atoms with Gasteiger partial charge in [-0.15, -0.1) is 23.1 Å². The van der Waals surface area contributed by atoms with Crippen LogP contribution >= 0.6 is 23.1 Å². The minimum atomic E-state index is -0.266. The molecule has 35 heavy (non-hydrogen) atoms. The molecule has 2 N–H and O–H groups in total. The van der Waals surface area contributed by atoms with Crippen LogP contribution in [0.2, 0.25) is 0 Å². The van der Waals surface area contributed by atoms with Crippen LogP contribution in [0.25, 0.3) is 10.8 Å². The molecule has 2 amide bonds. The molecule has 0 aliphatic carbocycles. The number of rotatable bonds is 10. The minimum absolute atomic E-state index is 0.0941. The van der Waals surface area contributed by atoms with Gasteiger partial charge in [-0.1, -0.05) is 30.3 Å². The highest BCUT2D eigenvalue weighted by atomic mass is 32.2. The zero-order valence-electron chi connectivity index (χ0n) is 19.4. The number of anilines is 2. The molecule has 0 aliphatic rings. The van der Waals surface area contributed by atoms with Crippen molar-refractivity contribution < 1.29 is 19.1 Å². The van der Waals surface area contributed by atoms with E-state index in [0.717, 1.165) is 27.9 Å². The van der Waals surface area contributed by atoms with Gasteiger partial charge in [-0.3, -0.25) is 14.9 Å². The van der Waals surface area contributed by atoms with Crippen LogP contribution in [0.1, 0.15) is 23.0 Å². The Labute approximate surface area is 211 Å². The van der Waals surface area contributed by atoms with Crippen molar-refractivity contribution in [3.8, 4) is 11.5 Å². The van der Waals surface area contributed by atoms with E-state index in [1.807, 2.05) is 48.7 Å². The van der Waals surface area contributed by atoms with E-state index in [1.165, 1.54) is 23.1 Å². The fraction of sp³-hybridized carbons (Fsp3) is 0.192. The third kappa shape index (κ3) is 6.32. The molecule has 7 nitrogen and oxygen atoms in total. The van der Waals surface area contributed by atoms with Crippen LogP contribution in [0.5, 0.6) is 11.5 Å². The smallest absolute Gasteiger partial charge is 0.261 e. The molecule has 1 aromatic heterocycles. The molecule has 0 fully saturated rings. The summed E-state index contributed by atoms with van der Waals surface area (Å²) in [4.78, 5) is 29.9. The number of carbonyl (C=O) groups excluding carboxylic acids is 2. The Balaban J connectivity index is 1.34. The molecule has 0 spiro atoms. The van der Waals surface area contributed by atoms with E-state index in [9.17, 15) is 9.59 Å². The summed E-state index contributed by atoms with van der Waals surface area (Å²) in [6, 6.07) is 18.7. The molecular weight excluding hydrogens is 482 g/mol. The molecule has 3 aromatic carbocycles. The topological polar surface area (TPSA) is 89.5 Å². The number of carbonyl (C=O) groups is 2. The normalized spacial score (nSPS) is 10.7. The van der Waals surface area contributed by atoms with Crippen LogP contribution in [0.15, 0.2) is 66.0 Å². The summed E-state index contributed by atoms with van der Waals surface area (Å²) in [5.74, 6) is 1.76. The van der Waals surface area contributed by atoms with Gasteiger partial charge in [-0.05, 0) is 48.0 Å². The van der Waals surface area contributed by atoms with Gasteiger partial charge < -0.3 is 14.8 Å². The number of methoxy groups -OCH3 is 1. The Morgan fingerprint density at radius 1 is 1.03 bits per heavy atom. The highest BCUT2D eigenvalue weighted by Crippen LogP contribution is 2.30. The lowest BCUT2D eigenvalue weighted by Crippen LogP contribution is -2.14. The Hall–Kier alpha value is -3.56. The summed E-state index contributed by atoms with van der Waals surface area (Å²) >= 11 is 2.81. The third-order valence-corrected chi connectivity index (χ3v) is 6.82. The average molecular weight is 508 g/mol. The van der Waals surface area contributed by atoms with Crippen molar-refractivity contribution in [2.45, 2.75) is 12.7 Å². The highest BCUT2D eigenvalue weighted by molar-refractivity contribution is 7.99. The quantitative estimate of drug-likeness (QED) is 0.281. The Morgan fingerprint density at radius 2 is 1.83 bits per heavy atom. The zero-order valence-corrected chi connectivity index (χ0v) is 21.0. The number of fused-ring (bicyclic) bond motifs is 1. The Morgan fingerprint density at radius 3 is 2.60 bits per heavy atom. The second-order valence-electron chi connectivity index (χ2n) is 7.46. The largest absolute Gasteiger partial charge is 0.497 e. The van der Waals surface area contributed by atoms with Crippen LogP contribution in [0.3, 0.4) is 0 Å². The van der Waals surface area contributed by atoms with Gasteiger partial charge in [0.1, 0.15) is 11.5 Å². The predicted molar refractivity (Wildman–Crippen MR) is 143 cm³/mol. The predicted octanol–water partition coefficient (Wildman–Crippen LogP) is 5.83. The SMILES string of the molecule is CCOc1ccc2ccccc2c1C(=O)Nc1nc(CSCC(=O)Nc2ccc(OC)cc2)cs1. The van der Waals surface area contributed by atoms with Gasteiger partial charge >= 0.3 is 0 Å². The molecule has 0 saturated carbocycles. The van der Waals surface area contributed by atoms with E-state index in [4.69, 9.17) is 9.47 Å². The maximum absolute atomic E-state index is 13.2. The number of thiazole rings is 1. The van der Waals surface area contributed by atoms with Crippen LogP contribution in [0.4, 0.5) is 10.8 Å². The van der Waals surface area contributed by atoms with Gasteiger partial charge in [0, 0.05) is 16.8 Å². The molecule has 0 atom stereocenters. The molecule has 0 radical (unpaired) electrons. The summed E-state index contributed by atoms with van der Waals surface area (Å²) in [6.07, 6.45) is 0. The molecular formula is C26H25N3O4S2. The molecule has 0 aliphatic heterocycles. The van der Waals surface area contributed by atoms with Gasteiger partial charge in [-0.2, -0.15) is 0 Å². The molecule has 1 heterocycles. The second-order valence-corrected chi connectivity index (χ2v) is 9.30. The second kappa shape index (κ2) is 11.7. The van der Waals surface area contributed by atoms with E-state index in [1.54, 1.807) is 31.4 Å². The number of hydrogen-bond acceptors (Lipinski definition) is 7. The van der Waals surface area contributed by atoms with Crippen molar-refractivity contribution >= 4 is 56.5 Å². The summed E-state index contributed by atoms with van der Waals surface area (Å²) < 4.78 is 10.8. The highest BCUT2D eigenvalue weighted by Gasteiger charge is 2.18. The molecule has 180 valence electrons. The maximum Gasteiger partial charge on any atom is 0.261 e. The van der Waals surface area contributed by atoms with E-state index in [2.05, 4.69) is 15.6 Å². The number of nitrogens with one attached hydrogen (secondary N) is 2. The summed E-state index contributed by atoms with van der Waals surface area (Å²) in [6.45, 7) is 2.35. The van der Waals surface area contributed by atoms with Crippen LogP contribution in [0, 0.1) is 0 Å². The van der Waals surface area contributed by atoms with Gasteiger partial charge in [0.15, 0.2) is 5.13 Å². The van der Waals surface area contributed by atoms with Gasteiger partial charge in [-0.25, -0.2) is 4.98 Å². The average Bonchev–Trinajstić information content (AvgIpc) is 3.31. The van der Waals surface area contributed by atoms with E-state index < -0.39 is 0 Å². The number of nitrogens with zero attached hydrogens (tertiary/aromatic N) is 1. The van der Waals surface area contributed by atoms with Crippen molar-refractivity contribution in [1.82, 2.24) is 4.98 Å². The van der Waals surface area contributed by atoms with E-state index in [0.29, 0.717) is 34.6 Å². The monoisotopic (exact) mass is 507 g/mol. The Bertz CT molecular complexity index is 1320. The summed E-state index contributed by atoms with van der Waals surface area (Å²) in [5.41, 5.74) is 2.01. The lowest BCUT2D eigenvalue weighted by molar-refractivity contribution is -0.113. The number of aromatic nitrogens is 1. The van der Waals surface area contributed by atoms with Gasteiger partial charge in [0.05, 0.1) is 30.7 Å². The number of hydrogen-bond donors (Lipinski definition) is 2. The fourth-order valence-electron chi connectivity index (χ4n) is 3.47. The first kappa shape index (κ1) is 24.6. The first-order valence-corrected chi connectivity index (χ1v) is 13.0. The third-order valence-electron chi connectivity index (χ3n) is 5.05.